The van der Waals surface area contributed by atoms with Crippen molar-refractivity contribution in [2.24, 2.45) is 11.8 Å². The quantitative estimate of drug-likeness (QED) is 0.799. The van der Waals surface area contributed by atoms with Gasteiger partial charge in [-0.1, -0.05) is 19.8 Å². The summed E-state index contributed by atoms with van der Waals surface area (Å²) in [7, 11) is 0. The van der Waals surface area contributed by atoms with Crippen LogP contribution in [0.3, 0.4) is 0 Å². The van der Waals surface area contributed by atoms with Crippen molar-refractivity contribution < 1.29 is 9.59 Å². The molecule has 3 rings (SSSR count). The third kappa shape index (κ3) is 2.25. The molecular weight excluding hydrogens is 228 g/mol. The summed E-state index contributed by atoms with van der Waals surface area (Å²) < 4.78 is 0. The Balaban J connectivity index is 1.70. The minimum atomic E-state index is -0.230. The van der Waals surface area contributed by atoms with E-state index in [0.29, 0.717) is 5.92 Å². The fourth-order valence-corrected chi connectivity index (χ4v) is 2.93. The number of carbonyl (C=O) groups is 2. The van der Waals surface area contributed by atoms with Gasteiger partial charge in [0, 0.05) is 6.54 Å². The van der Waals surface area contributed by atoms with Gasteiger partial charge in [-0.05, 0) is 37.5 Å². The lowest BCUT2D eigenvalue weighted by Crippen LogP contribution is -2.63. The number of hydrogen-bond donors (Lipinski definition) is 1. The van der Waals surface area contributed by atoms with Crippen LogP contribution in [0.15, 0.2) is 0 Å². The van der Waals surface area contributed by atoms with E-state index in [-0.39, 0.29) is 23.9 Å². The second-order valence-corrected chi connectivity index (χ2v) is 6.01. The Labute approximate surface area is 108 Å². The lowest BCUT2D eigenvalue weighted by atomic mass is 10.0. The molecule has 2 amide bonds. The largest absolute Gasteiger partial charge is 0.342 e. The monoisotopic (exact) mass is 250 g/mol. The van der Waals surface area contributed by atoms with Crippen molar-refractivity contribution in [2.75, 3.05) is 6.54 Å². The normalized spacial score (nSPS) is 32.6. The number of carbonyl (C=O) groups excluding carboxylic acids is 2. The molecule has 4 heteroatoms. The molecule has 100 valence electrons. The van der Waals surface area contributed by atoms with Crippen molar-refractivity contribution in [1.29, 1.82) is 0 Å². The second kappa shape index (κ2) is 4.56. The van der Waals surface area contributed by atoms with Crippen molar-refractivity contribution in [2.45, 2.75) is 57.5 Å². The predicted octanol–water partition coefficient (Wildman–Crippen LogP) is 1.30. The van der Waals surface area contributed by atoms with E-state index in [1.165, 1.54) is 12.8 Å². The molecule has 0 aromatic heterocycles. The first kappa shape index (κ1) is 12.0. The van der Waals surface area contributed by atoms with Gasteiger partial charge in [-0.2, -0.15) is 0 Å². The average molecular weight is 250 g/mol. The van der Waals surface area contributed by atoms with Crippen molar-refractivity contribution in [3.05, 3.63) is 0 Å². The molecule has 1 saturated heterocycles. The van der Waals surface area contributed by atoms with Gasteiger partial charge in [0.05, 0.1) is 0 Å². The molecule has 4 nitrogen and oxygen atoms in total. The third-order valence-electron chi connectivity index (χ3n) is 4.48. The molecule has 2 unspecified atom stereocenters. The molecule has 1 N–H and O–H groups in total. The summed E-state index contributed by atoms with van der Waals surface area (Å²) in [4.78, 5) is 26.4. The first-order chi connectivity index (χ1) is 8.70. The molecule has 0 aromatic rings. The highest BCUT2D eigenvalue weighted by Gasteiger charge is 2.46. The van der Waals surface area contributed by atoms with Crippen LogP contribution in [0.4, 0.5) is 0 Å². The zero-order valence-electron chi connectivity index (χ0n) is 11.0. The van der Waals surface area contributed by atoms with Crippen LogP contribution in [0.5, 0.6) is 0 Å². The van der Waals surface area contributed by atoms with Crippen LogP contribution >= 0.6 is 0 Å². The first-order valence-electron chi connectivity index (χ1n) is 7.31. The number of hydrogen-bond acceptors (Lipinski definition) is 2. The van der Waals surface area contributed by atoms with Crippen molar-refractivity contribution in [3.8, 4) is 0 Å². The zero-order chi connectivity index (χ0) is 12.7. The summed E-state index contributed by atoms with van der Waals surface area (Å²) in [6.45, 7) is 2.76. The highest BCUT2D eigenvalue weighted by atomic mass is 16.2. The molecule has 0 radical (unpaired) electrons. The van der Waals surface area contributed by atoms with Gasteiger partial charge in [-0.3, -0.25) is 9.59 Å². The molecule has 0 aromatic carbocycles. The lowest BCUT2D eigenvalue weighted by Gasteiger charge is -2.39. The van der Waals surface area contributed by atoms with Crippen LogP contribution in [0, 0.1) is 11.8 Å². The van der Waals surface area contributed by atoms with Crippen LogP contribution in [0.2, 0.25) is 0 Å². The van der Waals surface area contributed by atoms with Crippen LogP contribution in [-0.4, -0.2) is 35.3 Å². The Hall–Kier alpha value is -1.06. The van der Waals surface area contributed by atoms with Gasteiger partial charge in [-0.25, -0.2) is 0 Å². The van der Waals surface area contributed by atoms with E-state index < -0.39 is 0 Å². The van der Waals surface area contributed by atoms with Crippen LogP contribution in [-0.2, 0) is 9.59 Å². The lowest BCUT2D eigenvalue weighted by molar-refractivity contribution is -0.150. The van der Waals surface area contributed by atoms with Gasteiger partial charge in [0.15, 0.2) is 0 Å². The number of nitrogens with zero attached hydrogens (tertiary/aromatic N) is 1. The molecular formula is C14H22N2O2. The van der Waals surface area contributed by atoms with E-state index in [1.807, 2.05) is 11.8 Å². The van der Waals surface area contributed by atoms with E-state index in [0.717, 1.165) is 38.1 Å². The number of rotatable bonds is 5. The van der Waals surface area contributed by atoms with E-state index in [1.54, 1.807) is 0 Å². The highest BCUT2D eigenvalue weighted by Crippen LogP contribution is 2.36. The van der Waals surface area contributed by atoms with Crippen LogP contribution in [0.25, 0.3) is 0 Å². The van der Waals surface area contributed by atoms with Crippen LogP contribution < -0.4 is 5.32 Å². The average Bonchev–Trinajstić information content (AvgIpc) is 3.22. The summed E-state index contributed by atoms with van der Waals surface area (Å²) in [6.07, 6.45) is 6.58. The Morgan fingerprint density at radius 2 is 1.94 bits per heavy atom. The van der Waals surface area contributed by atoms with Gasteiger partial charge in [0.2, 0.25) is 11.8 Å². The summed E-state index contributed by atoms with van der Waals surface area (Å²) in [5.74, 6) is 1.44. The number of amides is 2. The highest BCUT2D eigenvalue weighted by molar-refractivity contribution is 5.97. The SMILES string of the molecule is CCC1C(=O)NC(C2CC2)C(=O)N1CCC1CC1. The van der Waals surface area contributed by atoms with Gasteiger partial charge in [-0.15, -0.1) is 0 Å². The van der Waals surface area contributed by atoms with Crippen molar-refractivity contribution in [3.63, 3.8) is 0 Å². The zero-order valence-corrected chi connectivity index (χ0v) is 11.0. The van der Waals surface area contributed by atoms with E-state index in [2.05, 4.69) is 5.32 Å². The van der Waals surface area contributed by atoms with Crippen molar-refractivity contribution >= 4 is 11.8 Å². The molecule has 2 saturated carbocycles. The molecule has 3 aliphatic rings. The van der Waals surface area contributed by atoms with Crippen LogP contribution in [0.1, 0.15) is 45.4 Å². The molecule has 1 heterocycles. The van der Waals surface area contributed by atoms with Crippen molar-refractivity contribution in [1.82, 2.24) is 10.2 Å². The number of piperazine rings is 1. The maximum absolute atomic E-state index is 12.5. The summed E-state index contributed by atoms with van der Waals surface area (Å²) in [5, 5.41) is 2.93. The molecule has 2 aliphatic carbocycles. The fourth-order valence-electron chi connectivity index (χ4n) is 2.93. The standard InChI is InChI=1S/C14H22N2O2/c1-2-11-13(17)15-12(10-5-6-10)14(18)16(11)8-7-9-3-4-9/h9-12H,2-8H2,1H3,(H,15,17). The molecule has 18 heavy (non-hydrogen) atoms. The predicted molar refractivity (Wildman–Crippen MR) is 67.8 cm³/mol. The van der Waals surface area contributed by atoms with Gasteiger partial charge in [0.1, 0.15) is 12.1 Å². The Morgan fingerprint density at radius 1 is 1.22 bits per heavy atom. The molecule has 3 fully saturated rings. The van der Waals surface area contributed by atoms with E-state index in [9.17, 15) is 9.59 Å². The van der Waals surface area contributed by atoms with Gasteiger partial charge in [0.25, 0.3) is 0 Å². The maximum atomic E-state index is 12.5. The molecule has 0 spiro atoms. The van der Waals surface area contributed by atoms with E-state index in [4.69, 9.17) is 0 Å². The number of nitrogens with one attached hydrogen (secondary N) is 1. The van der Waals surface area contributed by atoms with Gasteiger partial charge >= 0.3 is 0 Å². The third-order valence-corrected chi connectivity index (χ3v) is 4.48. The van der Waals surface area contributed by atoms with Gasteiger partial charge < -0.3 is 10.2 Å². The van der Waals surface area contributed by atoms with E-state index >= 15 is 0 Å². The summed E-state index contributed by atoms with van der Waals surface area (Å²) in [6, 6.07) is -0.453. The first-order valence-corrected chi connectivity index (χ1v) is 7.31. The molecule has 1 aliphatic heterocycles. The summed E-state index contributed by atoms with van der Waals surface area (Å²) in [5.41, 5.74) is 0. The Bertz CT molecular complexity index is 361. The fraction of sp³-hybridized carbons (Fsp3) is 0.857. The Morgan fingerprint density at radius 3 is 2.50 bits per heavy atom. The minimum Gasteiger partial charge on any atom is -0.342 e. The minimum absolute atomic E-state index is 0.0600. The second-order valence-electron chi connectivity index (χ2n) is 6.01. The topological polar surface area (TPSA) is 49.4 Å². The molecule has 2 atom stereocenters. The Kier molecular flexibility index (Phi) is 3.04. The smallest absolute Gasteiger partial charge is 0.246 e. The summed E-state index contributed by atoms with van der Waals surface area (Å²) >= 11 is 0. The maximum Gasteiger partial charge on any atom is 0.246 e. The molecule has 0 bridgehead atoms.